The minimum absolute atomic E-state index is 0.00940. The Bertz CT molecular complexity index is 795. The van der Waals surface area contributed by atoms with Crippen molar-refractivity contribution in [2.75, 3.05) is 0 Å². The molecule has 1 N–H and O–H groups in total. The summed E-state index contributed by atoms with van der Waals surface area (Å²) >= 11 is 0. The van der Waals surface area contributed by atoms with Crippen LogP contribution in [0.4, 0.5) is 0 Å². The standard InChI is InChI=1S/C19H18N2O2/c1-14-5-2-6-15(11-14)12-18(22)21-13-16-7-3-9-20-19(16)17-8-4-10-23-17/h2-11H,12-13H2,1H3,(H,21,22). The van der Waals surface area contributed by atoms with E-state index in [0.29, 0.717) is 18.7 Å². The second kappa shape index (κ2) is 6.92. The summed E-state index contributed by atoms with van der Waals surface area (Å²) < 4.78 is 5.40. The monoisotopic (exact) mass is 306 g/mol. The molecule has 0 spiro atoms. The van der Waals surface area contributed by atoms with E-state index in [4.69, 9.17) is 4.42 Å². The predicted octanol–water partition coefficient (Wildman–Crippen LogP) is 3.51. The first kappa shape index (κ1) is 15.0. The van der Waals surface area contributed by atoms with Crippen molar-refractivity contribution in [3.05, 3.63) is 77.7 Å². The van der Waals surface area contributed by atoms with Crippen molar-refractivity contribution >= 4 is 5.91 Å². The van der Waals surface area contributed by atoms with Gasteiger partial charge in [0.2, 0.25) is 5.91 Å². The van der Waals surface area contributed by atoms with Gasteiger partial charge in [-0.3, -0.25) is 9.78 Å². The van der Waals surface area contributed by atoms with Crippen molar-refractivity contribution in [2.45, 2.75) is 19.9 Å². The topological polar surface area (TPSA) is 55.1 Å². The van der Waals surface area contributed by atoms with E-state index in [9.17, 15) is 4.79 Å². The highest BCUT2D eigenvalue weighted by Crippen LogP contribution is 2.21. The second-order valence-electron chi connectivity index (χ2n) is 5.43. The maximum Gasteiger partial charge on any atom is 0.224 e. The fourth-order valence-corrected chi connectivity index (χ4v) is 2.48. The molecule has 4 heteroatoms. The van der Waals surface area contributed by atoms with Crippen LogP contribution in [0.15, 0.2) is 65.4 Å². The highest BCUT2D eigenvalue weighted by atomic mass is 16.3. The Morgan fingerprint density at radius 3 is 2.87 bits per heavy atom. The number of nitrogens with one attached hydrogen (secondary N) is 1. The summed E-state index contributed by atoms with van der Waals surface area (Å²) in [5.41, 5.74) is 3.86. The van der Waals surface area contributed by atoms with Crippen LogP contribution in [0.2, 0.25) is 0 Å². The van der Waals surface area contributed by atoms with Gasteiger partial charge < -0.3 is 9.73 Å². The van der Waals surface area contributed by atoms with Crippen LogP contribution >= 0.6 is 0 Å². The summed E-state index contributed by atoms with van der Waals surface area (Å²) in [6.07, 6.45) is 3.71. The lowest BCUT2D eigenvalue weighted by Crippen LogP contribution is -2.25. The van der Waals surface area contributed by atoms with Crippen LogP contribution in [0.25, 0.3) is 11.5 Å². The Morgan fingerprint density at radius 1 is 1.17 bits per heavy atom. The molecule has 2 aromatic heterocycles. The molecule has 0 saturated heterocycles. The molecule has 0 unspecified atom stereocenters. The van der Waals surface area contributed by atoms with Crippen molar-refractivity contribution < 1.29 is 9.21 Å². The molecule has 3 rings (SSSR count). The summed E-state index contributed by atoms with van der Waals surface area (Å²) in [7, 11) is 0. The van der Waals surface area contributed by atoms with Crippen molar-refractivity contribution in [2.24, 2.45) is 0 Å². The fourth-order valence-electron chi connectivity index (χ4n) is 2.48. The van der Waals surface area contributed by atoms with Crippen molar-refractivity contribution in [1.29, 1.82) is 0 Å². The summed E-state index contributed by atoms with van der Waals surface area (Å²) in [6.45, 7) is 2.45. The smallest absolute Gasteiger partial charge is 0.224 e. The van der Waals surface area contributed by atoms with Gasteiger partial charge in [0.1, 0.15) is 5.69 Å². The first-order valence-corrected chi connectivity index (χ1v) is 7.52. The lowest BCUT2D eigenvalue weighted by molar-refractivity contribution is -0.120. The molecule has 0 aliphatic rings. The van der Waals surface area contributed by atoms with Crippen molar-refractivity contribution in [1.82, 2.24) is 10.3 Å². The van der Waals surface area contributed by atoms with Gasteiger partial charge in [0.25, 0.3) is 0 Å². The van der Waals surface area contributed by atoms with Gasteiger partial charge in [0.15, 0.2) is 5.76 Å². The van der Waals surface area contributed by atoms with E-state index in [-0.39, 0.29) is 5.91 Å². The molecule has 1 aromatic carbocycles. The number of nitrogens with zero attached hydrogens (tertiary/aromatic N) is 1. The van der Waals surface area contributed by atoms with E-state index in [1.807, 2.05) is 55.5 Å². The van der Waals surface area contributed by atoms with Gasteiger partial charge in [-0.05, 0) is 30.7 Å². The Balaban J connectivity index is 1.66. The van der Waals surface area contributed by atoms with Crippen molar-refractivity contribution in [3.63, 3.8) is 0 Å². The number of amides is 1. The van der Waals surface area contributed by atoms with E-state index < -0.39 is 0 Å². The number of benzene rings is 1. The van der Waals surface area contributed by atoms with Gasteiger partial charge in [-0.2, -0.15) is 0 Å². The molecule has 0 atom stereocenters. The Kier molecular flexibility index (Phi) is 4.52. The van der Waals surface area contributed by atoms with Crippen molar-refractivity contribution in [3.8, 4) is 11.5 Å². The molecular formula is C19H18N2O2. The van der Waals surface area contributed by atoms with Crippen LogP contribution < -0.4 is 5.32 Å². The number of carbonyl (C=O) groups excluding carboxylic acids is 1. The normalized spacial score (nSPS) is 10.5. The van der Waals surface area contributed by atoms with Crippen LogP contribution in [0.5, 0.6) is 0 Å². The molecule has 0 saturated carbocycles. The van der Waals surface area contributed by atoms with Crippen LogP contribution in [-0.2, 0) is 17.8 Å². The fraction of sp³-hybridized carbons (Fsp3) is 0.158. The molecule has 1 amide bonds. The van der Waals surface area contributed by atoms with Gasteiger partial charge in [-0.15, -0.1) is 0 Å². The zero-order valence-electron chi connectivity index (χ0n) is 13.0. The third-order valence-corrected chi connectivity index (χ3v) is 3.57. The van der Waals surface area contributed by atoms with Crippen LogP contribution in [-0.4, -0.2) is 10.9 Å². The maximum absolute atomic E-state index is 12.1. The Hall–Kier alpha value is -2.88. The minimum atomic E-state index is -0.00940. The third-order valence-electron chi connectivity index (χ3n) is 3.57. The number of hydrogen-bond acceptors (Lipinski definition) is 3. The first-order valence-electron chi connectivity index (χ1n) is 7.52. The number of hydrogen-bond donors (Lipinski definition) is 1. The molecule has 3 aromatic rings. The Labute approximate surface area is 135 Å². The molecule has 2 heterocycles. The number of rotatable bonds is 5. The largest absolute Gasteiger partial charge is 0.463 e. The quantitative estimate of drug-likeness (QED) is 0.785. The number of pyridine rings is 1. The van der Waals surface area contributed by atoms with Gasteiger partial charge in [-0.25, -0.2) is 0 Å². The first-order chi connectivity index (χ1) is 11.2. The summed E-state index contributed by atoms with van der Waals surface area (Å²) in [6, 6.07) is 15.5. The molecule has 0 bridgehead atoms. The highest BCUT2D eigenvalue weighted by Gasteiger charge is 2.10. The molecule has 0 aliphatic carbocycles. The van der Waals surface area contributed by atoms with E-state index in [1.165, 1.54) is 0 Å². The Morgan fingerprint density at radius 2 is 2.09 bits per heavy atom. The van der Waals surface area contributed by atoms with Gasteiger partial charge in [0.05, 0.1) is 12.7 Å². The summed E-state index contributed by atoms with van der Waals surface area (Å²) in [5.74, 6) is 0.693. The zero-order chi connectivity index (χ0) is 16.1. The van der Waals surface area contributed by atoms with E-state index in [0.717, 1.165) is 22.4 Å². The minimum Gasteiger partial charge on any atom is -0.463 e. The molecular weight excluding hydrogens is 288 g/mol. The average molecular weight is 306 g/mol. The second-order valence-corrected chi connectivity index (χ2v) is 5.43. The molecule has 0 aliphatic heterocycles. The van der Waals surface area contributed by atoms with Crippen LogP contribution in [0.3, 0.4) is 0 Å². The molecule has 4 nitrogen and oxygen atoms in total. The van der Waals surface area contributed by atoms with Crippen LogP contribution in [0, 0.1) is 6.92 Å². The number of furan rings is 1. The number of aromatic nitrogens is 1. The number of aryl methyl sites for hydroxylation is 1. The zero-order valence-corrected chi connectivity index (χ0v) is 13.0. The summed E-state index contributed by atoms with van der Waals surface area (Å²) in [5, 5.41) is 2.95. The van der Waals surface area contributed by atoms with Gasteiger partial charge in [0, 0.05) is 18.3 Å². The number of carbonyl (C=O) groups is 1. The van der Waals surface area contributed by atoms with Gasteiger partial charge in [-0.1, -0.05) is 35.9 Å². The molecule has 0 radical (unpaired) electrons. The van der Waals surface area contributed by atoms with E-state index in [2.05, 4.69) is 10.3 Å². The third kappa shape index (κ3) is 3.86. The van der Waals surface area contributed by atoms with Crippen LogP contribution in [0.1, 0.15) is 16.7 Å². The lowest BCUT2D eigenvalue weighted by atomic mass is 10.1. The van der Waals surface area contributed by atoms with E-state index in [1.54, 1.807) is 12.5 Å². The predicted molar refractivity (Wildman–Crippen MR) is 88.7 cm³/mol. The SMILES string of the molecule is Cc1cccc(CC(=O)NCc2cccnc2-c2ccco2)c1. The van der Waals surface area contributed by atoms with E-state index >= 15 is 0 Å². The average Bonchev–Trinajstić information content (AvgIpc) is 3.07. The van der Waals surface area contributed by atoms with Gasteiger partial charge >= 0.3 is 0 Å². The molecule has 116 valence electrons. The maximum atomic E-state index is 12.1. The highest BCUT2D eigenvalue weighted by molar-refractivity contribution is 5.78. The molecule has 0 fully saturated rings. The summed E-state index contributed by atoms with van der Waals surface area (Å²) in [4.78, 5) is 16.5. The molecule has 23 heavy (non-hydrogen) atoms. The lowest BCUT2D eigenvalue weighted by Gasteiger charge is -2.09.